The van der Waals surface area contributed by atoms with Crippen molar-refractivity contribution in [3.63, 3.8) is 0 Å². The maximum absolute atomic E-state index is 13.2. The Morgan fingerprint density at radius 2 is 1.77 bits per heavy atom. The molecular weight excluding hydrogens is 440 g/mol. The minimum Gasteiger partial charge on any atom is -0.477 e. The first-order chi connectivity index (χ1) is 17.2. The van der Waals surface area contributed by atoms with E-state index in [4.69, 9.17) is 4.74 Å². The molecule has 35 heavy (non-hydrogen) atoms. The fraction of sp³-hybridized carbons (Fsp3) is 0.296. The molecule has 0 aliphatic carbocycles. The quantitative estimate of drug-likeness (QED) is 0.332. The van der Waals surface area contributed by atoms with Crippen LogP contribution in [0.1, 0.15) is 42.9 Å². The molecule has 8 heteroatoms. The minimum absolute atomic E-state index is 0.256. The van der Waals surface area contributed by atoms with Crippen LogP contribution in [0, 0.1) is 0 Å². The van der Waals surface area contributed by atoms with Gasteiger partial charge in [-0.1, -0.05) is 26.0 Å². The van der Waals surface area contributed by atoms with Crippen molar-refractivity contribution in [1.82, 2.24) is 19.9 Å². The number of carbonyl (C=O) groups is 1. The van der Waals surface area contributed by atoms with E-state index in [2.05, 4.69) is 44.0 Å². The van der Waals surface area contributed by atoms with Crippen LogP contribution in [0.2, 0.25) is 0 Å². The van der Waals surface area contributed by atoms with Gasteiger partial charge >= 0.3 is 0 Å². The third-order valence-corrected chi connectivity index (χ3v) is 5.39. The van der Waals surface area contributed by atoms with Crippen LogP contribution in [0.15, 0.2) is 67.0 Å². The van der Waals surface area contributed by atoms with Gasteiger partial charge in [-0.3, -0.25) is 14.8 Å². The Bertz CT molecular complexity index is 1260. The number of benzene rings is 1. The van der Waals surface area contributed by atoms with Crippen molar-refractivity contribution >= 4 is 28.4 Å². The molecule has 1 N–H and O–H groups in total. The molecule has 0 saturated heterocycles. The number of carbonyl (C=O) groups excluding carboxylic acids is 1. The Hall–Kier alpha value is -4.07. The average molecular weight is 471 g/mol. The van der Waals surface area contributed by atoms with Gasteiger partial charge < -0.3 is 15.0 Å². The van der Waals surface area contributed by atoms with Crippen molar-refractivity contribution in [1.29, 1.82) is 0 Å². The number of anilines is 2. The van der Waals surface area contributed by atoms with Crippen LogP contribution in [-0.4, -0.2) is 45.5 Å². The fourth-order valence-corrected chi connectivity index (χ4v) is 3.75. The smallest absolute Gasteiger partial charge is 0.274 e. The van der Waals surface area contributed by atoms with Crippen LogP contribution < -0.4 is 15.0 Å². The third kappa shape index (κ3) is 6.50. The van der Waals surface area contributed by atoms with Crippen molar-refractivity contribution in [3.05, 3.63) is 78.4 Å². The lowest BCUT2D eigenvalue weighted by Gasteiger charge is -2.22. The van der Waals surface area contributed by atoms with Gasteiger partial charge in [0.05, 0.1) is 12.1 Å². The van der Waals surface area contributed by atoms with Gasteiger partial charge in [-0.05, 0) is 49.2 Å². The second kappa shape index (κ2) is 11.9. The molecule has 1 amide bonds. The van der Waals surface area contributed by atoms with Gasteiger partial charge in [-0.25, -0.2) is 4.98 Å². The Morgan fingerprint density at radius 3 is 2.54 bits per heavy atom. The van der Waals surface area contributed by atoms with Crippen molar-refractivity contribution in [2.24, 2.45) is 0 Å². The van der Waals surface area contributed by atoms with Crippen LogP contribution in [0.25, 0.3) is 10.9 Å². The topological polar surface area (TPSA) is 93.1 Å². The molecule has 8 nitrogen and oxygen atoms in total. The molecule has 0 aliphatic heterocycles. The highest BCUT2D eigenvalue weighted by Crippen LogP contribution is 2.20. The van der Waals surface area contributed by atoms with Crippen molar-refractivity contribution < 1.29 is 9.53 Å². The molecule has 1 aromatic carbocycles. The fourth-order valence-electron chi connectivity index (χ4n) is 3.75. The average Bonchev–Trinajstić information content (AvgIpc) is 2.89. The predicted octanol–water partition coefficient (Wildman–Crippen LogP) is 4.92. The summed E-state index contributed by atoms with van der Waals surface area (Å²) in [5, 5.41) is 3.90. The number of hydrogen-bond donors (Lipinski definition) is 1. The van der Waals surface area contributed by atoms with Crippen LogP contribution in [0.5, 0.6) is 5.88 Å². The van der Waals surface area contributed by atoms with E-state index < -0.39 is 0 Å². The standard InChI is InChI=1S/C27H30N6O2/c1-3-15-33(16-4-2)27-31-24(19-25(32-27)35-17-12-21-9-5-6-13-28-21)26(34)30-22-10-11-23-20(18-22)8-7-14-29-23/h5-11,13-14,18-19H,3-4,12,15-17H2,1-2H3,(H,30,34). The van der Waals surface area contributed by atoms with E-state index in [0.717, 1.165) is 42.5 Å². The second-order valence-corrected chi connectivity index (χ2v) is 8.16. The van der Waals surface area contributed by atoms with Crippen molar-refractivity contribution in [2.45, 2.75) is 33.1 Å². The molecule has 0 unspecified atom stereocenters. The van der Waals surface area contributed by atoms with Gasteiger partial charge in [0.25, 0.3) is 5.91 Å². The third-order valence-electron chi connectivity index (χ3n) is 5.39. The normalized spacial score (nSPS) is 10.8. The number of aromatic nitrogens is 4. The minimum atomic E-state index is -0.320. The Morgan fingerprint density at radius 1 is 0.943 bits per heavy atom. The molecule has 3 aromatic heterocycles. The molecule has 0 atom stereocenters. The molecule has 0 saturated carbocycles. The molecule has 0 bridgehead atoms. The summed E-state index contributed by atoms with van der Waals surface area (Å²) in [5.41, 5.74) is 2.73. The predicted molar refractivity (Wildman–Crippen MR) is 138 cm³/mol. The number of fused-ring (bicyclic) bond motifs is 1. The van der Waals surface area contributed by atoms with Crippen molar-refractivity contribution in [3.8, 4) is 5.88 Å². The Labute approximate surface area is 205 Å². The molecule has 0 aliphatic rings. The largest absolute Gasteiger partial charge is 0.477 e. The number of pyridine rings is 2. The monoisotopic (exact) mass is 470 g/mol. The number of nitrogens with one attached hydrogen (secondary N) is 1. The van der Waals surface area contributed by atoms with Gasteiger partial charge in [0.2, 0.25) is 11.8 Å². The highest BCUT2D eigenvalue weighted by Gasteiger charge is 2.17. The molecular formula is C27H30N6O2. The molecule has 180 valence electrons. The lowest BCUT2D eigenvalue weighted by molar-refractivity contribution is 0.102. The summed E-state index contributed by atoms with van der Waals surface area (Å²) in [4.78, 5) is 33.1. The van der Waals surface area contributed by atoms with Gasteiger partial charge in [0, 0.05) is 54.7 Å². The first-order valence-electron chi connectivity index (χ1n) is 12.0. The van der Waals surface area contributed by atoms with E-state index in [1.54, 1.807) is 18.5 Å². The lowest BCUT2D eigenvalue weighted by Crippen LogP contribution is -2.28. The summed E-state index contributed by atoms with van der Waals surface area (Å²) in [7, 11) is 0. The summed E-state index contributed by atoms with van der Waals surface area (Å²) in [6.45, 7) is 6.21. The molecule has 0 spiro atoms. The van der Waals surface area contributed by atoms with Gasteiger partial charge in [0.15, 0.2) is 0 Å². The van der Waals surface area contributed by atoms with E-state index >= 15 is 0 Å². The number of ether oxygens (including phenoxy) is 1. The zero-order valence-electron chi connectivity index (χ0n) is 20.1. The van der Waals surface area contributed by atoms with Crippen LogP contribution >= 0.6 is 0 Å². The van der Waals surface area contributed by atoms with Gasteiger partial charge in [0.1, 0.15) is 5.69 Å². The molecule has 0 radical (unpaired) electrons. The van der Waals surface area contributed by atoms with E-state index in [0.29, 0.717) is 30.5 Å². The van der Waals surface area contributed by atoms with Crippen LogP contribution in [-0.2, 0) is 6.42 Å². The first kappa shape index (κ1) is 24.1. The molecule has 3 heterocycles. The number of hydrogen-bond acceptors (Lipinski definition) is 7. The van der Waals surface area contributed by atoms with Crippen molar-refractivity contribution in [2.75, 3.05) is 29.9 Å². The van der Waals surface area contributed by atoms with Crippen LogP contribution in [0.3, 0.4) is 0 Å². The van der Waals surface area contributed by atoms with E-state index in [1.165, 1.54) is 0 Å². The first-order valence-corrected chi connectivity index (χ1v) is 12.0. The summed E-state index contributed by atoms with van der Waals surface area (Å²) in [6, 6.07) is 16.8. The molecule has 4 rings (SSSR count). The summed E-state index contributed by atoms with van der Waals surface area (Å²) >= 11 is 0. The highest BCUT2D eigenvalue weighted by atomic mass is 16.5. The SMILES string of the molecule is CCCN(CCC)c1nc(OCCc2ccccn2)cc(C(=O)Nc2ccc3ncccc3c2)n1. The molecule has 0 fully saturated rings. The Balaban J connectivity index is 1.56. The van der Waals surface area contributed by atoms with E-state index in [-0.39, 0.29) is 11.6 Å². The van der Waals surface area contributed by atoms with Gasteiger partial charge in [-0.2, -0.15) is 4.98 Å². The summed E-state index contributed by atoms with van der Waals surface area (Å²) in [5.74, 6) is 0.548. The summed E-state index contributed by atoms with van der Waals surface area (Å²) < 4.78 is 5.95. The lowest BCUT2D eigenvalue weighted by atomic mass is 10.2. The highest BCUT2D eigenvalue weighted by molar-refractivity contribution is 6.04. The zero-order valence-corrected chi connectivity index (χ0v) is 20.1. The number of amides is 1. The van der Waals surface area contributed by atoms with E-state index in [1.807, 2.05) is 48.5 Å². The van der Waals surface area contributed by atoms with E-state index in [9.17, 15) is 4.79 Å². The maximum Gasteiger partial charge on any atom is 0.274 e. The molecule has 4 aromatic rings. The summed E-state index contributed by atoms with van der Waals surface area (Å²) in [6.07, 6.45) is 6.04. The number of nitrogens with zero attached hydrogens (tertiary/aromatic N) is 5. The zero-order chi connectivity index (χ0) is 24.5. The van der Waals surface area contributed by atoms with Crippen LogP contribution in [0.4, 0.5) is 11.6 Å². The Kier molecular flexibility index (Phi) is 8.17. The van der Waals surface area contributed by atoms with Gasteiger partial charge in [-0.15, -0.1) is 0 Å². The number of rotatable bonds is 11. The second-order valence-electron chi connectivity index (χ2n) is 8.16. The maximum atomic E-state index is 13.2.